The molecule has 1 aromatic carbocycles. The van der Waals surface area contributed by atoms with Crippen LogP contribution >= 0.6 is 23.1 Å². The number of carbonyl (C=O) groups is 1. The number of hydrogen-bond acceptors (Lipinski definition) is 5. The maximum atomic E-state index is 13.3. The molecule has 26 heavy (non-hydrogen) atoms. The fourth-order valence-corrected chi connectivity index (χ4v) is 5.27. The number of anilines is 1. The minimum Gasteiger partial charge on any atom is -0.325 e. The van der Waals surface area contributed by atoms with E-state index >= 15 is 0 Å². The van der Waals surface area contributed by atoms with Crippen LogP contribution in [-0.4, -0.2) is 21.1 Å². The third-order valence-corrected chi connectivity index (χ3v) is 6.61. The molecule has 0 bridgehead atoms. The van der Waals surface area contributed by atoms with E-state index in [2.05, 4.69) is 15.3 Å². The number of rotatable bonds is 4. The molecule has 8 heteroatoms. The van der Waals surface area contributed by atoms with Gasteiger partial charge in [0, 0.05) is 22.0 Å². The van der Waals surface area contributed by atoms with E-state index in [4.69, 9.17) is 0 Å². The number of halogens is 2. The highest BCUT2D eigenvalue weighted by molar-refractivity contribution is 8.00. The van der Waals surface area contributed by atoms with Crippen molar-refractivity contribution in [3.63, 3.8) is 0 Å². The highest BCUT2D eigenvalue weighted by Gasteiger charge is 2.24. The molecule has 2 heterocycles. The quantitative estimate of drug-likeness (QED) is 0.523. The summed E-state index contributed by atoms with van der Waals surface area (Å²) in [7, 11) is 0. The summed E-state index contributed by atoms with van der Waals surface area (Å²) in [6.07, 6.45) is 4.76. The number of nitrogens with one attached hydrogen (secondary N) is 1. The van der Waals surface area contributed by atoms with Crippen LogP contribution in [0, 0.1) is 11.6 Å². The van der Waals surface area contributed by atoms with E-state index < -0.39 is 16.9 Å². The highest BCUT2D eigenvalue weighted by Crippen LogP contribution is 2.40. The molecule has 0 saturated carbocycles. The van der Waals surface area contributed by atoms with Gasteiger partial charge in [-0.2, -0.15) is 0 Å². The van der Waals surface area contributed by atoms with Gasteiger partial charge in [-0.25, -0.2) is 18.7 Å². The lowest BCUT2D eigenvalue weighted by Gasteiger charge is -2.12. The summed E-state index contributed by atoms with van der Waals surface area (Å²) in [5.41, 5.74) is 1.53. The molecule has 4 nitrogen and oxygen atoms in total. The molecule has 1 aliphatic carbocycles. The number of thiophene rings is 1. The third kappa shape index (κ3) is 3.19. The predicted molar refractivity (Wildman–Crippen MR) is 99.7 cm³/mol. The Bertz CT molecular complexity index is 1010. The van der Waals surface area contributed by atoms with Crippen LogP contribution in [0.25, 0.3) is 10.2 Å². The van der Waals surface area contributed by atoms with Crippen molar-refractivity contribution in [2.24, 2.45) is 0 Å². The zero-order valence-corrected chi connectivity index (χ0v) is 15.5. The molecule has 1 atom stereocenters. The number of aryl methyl sites for hydroxylation is 2. The molecule has 0 spiro atoms. The molecule has 0 unspecified atom stereocenters. The Kier molecular flexibility index (Phi) is 4.62. The Morgan fingerprint density at radius 2 is 2.12 bits per heavy atom. The van der Waals surface area contributed by atoms with E-state index in [1.165, 1.54) is 34.6 Å². The first-order chi connectivity index (χ1) is 12.5. The number of benzene rings is 1. The van der Waals surface area contributed by atoms with Crippen LogP contribution in [0.3, 0.4) is 0 Å². The topological polar surface area (TPSA) is 54.9 Å². The SMILES string of the molecule is C[C@@H](Sc1ncnc2sc3c(c12)CCC3)C(=O)Nc1ccc(F)c(F)c1. The van der Waals surface area contributed by atoms with Gasteiger partial charge in [0.15, 0.2) is 11.6 Å². The fraction of sp³-hybridized carbons (Fsp3) is 0.278. The molecule has 0 fully saturated rings. The lowest BCUT2D eigenvalue weighted by atomic mass is 10.2. The molecular formula is C18H15F2N3OS2. The first kappa shape index (κ1) is 17.4. The molecule has 2 aromatic heterocycles. The number of hydrogen-bond donors (Lipinski definition) is 1. The van der Waals surface area contributed by atoms with Crippen LogP contribution in [0.2, 0.25) is 0 Å². The molecule has 1 aliphatic rings. The Morgan fingerprint density at radius 3 is 2.92 bits per heavy atom. The van der Waals surface area contributed by atoms with Crippen LogP contribution in [0.5, 0.6) is 0 Å². The maximum absolute atomic E-state index is 13.3. The van der Waals surface area contributed by atoms with Gasteiger partial charge in [-0.1, -0.05) is 11.8 Å². The molecule has 134 valence electrons. The van der Waals surface area contributed by atoms with Crippen molar-refractivity contribution in [2.45, 2.75) is 36.5 Å². The standard InChI is InChI=1S/C18H15F2N3OS2/c1-9(16(24)23-10-5-6-12(19)13(20)7-10)25-17-15-11-3-2-4-14(11)26-18(15)22-8-21-17/h5-9H,2-4H2,1H3,(H,23,24)/t9-/m1/s1. The van der Waals surface area contributed by atoms with Crippen molar-refractivity contribution in [1.82, 2.24) is 9.97 Å². The Balaban J connectivity index is 1.54. The second-order valence-electron chi connectivity index (χ2n) is 6.09. The molecule has 0 radical (unpaired) electrons. The summed E-state index contributed by atoms with van der Waals surface area (Å²) >= 11 is 3.05. The van der Waals surface area contributed by atoms with Gasteiger partial charge in [0.2, 0.25) is 5.91 Å². The summed E-state index contributed by atoms with van der Waals surface area (Å²) in [6, 6.07) is 3.30. The number of nitrogens with zero attached hydrogens (tertiary/aromatic N) is 2. The normalized spacial score (nSPS) is 14.4. The summed E-state index contributed by atoms with van der Waals surface area (Å²) in [4.78, 5) is 23.5. The van der Waals surface area contributed by atoms with Crippen molar-refractivity contribution >= 4 is 44.9 Å². The molecule has 0 aliphatic heterocycles. The average molecular weight is 391 g/mol. The predicted octanol–water partition coefficient (Wildman–Crippen LogP) is 4.58. The Hall–Kier alpha value is -2.06. The molecule has 1 amide bonds. The van der Waals surface area contributed by atoms with E-state index in [0.717, 1.165) is 46.6 Å². The van der Waals surface area contributed by atoms with Crippen molar-refractivity contribution in [2.75, 3.05) is 5.32 Å². The van der Waals surface area contributed by atoms with E-state index in [1.54, 1.807) is 18.3 Å². The Morgan fingerprint density at radius 1 is 1.27 bits per heavy atom. The third-order valence-electron chi connectivity index (χ3n) is 4.31. The Labute approximate surface area is 157 Å². The van der Waals surface area contributed by atoms with E-state index in [9.17, 15) is 13.6 Å². The zero-order valence-electron chi connectivity index (χ0n) is 13.9. The summed E-state index contributed by atoms with van der Waals surface area (Å²) in [5.74, 6) is -2.23. The molecule has 1 N–H and O–H groups in total. The van der Waals surface area contributed by atoms with Gasteiger partial charge in [-0.3, -0.25) is 4.79 Å². The van der Waals surface area contributed by atoms with E-state index in [-0.39, 0.29) is 11.6 Å². The largest absolute Gasteiger partial charge is 0.325 e. The maximum Gasteiger partial charge on any atom is 0.237 e. The summed E-state index contributed by atoms with van der Waals surface area (Å²) in [6.45, 7) is 1.76. The fourth-order valence-electron chi connectivity index (χ4n) is 3.03. The number of fused-ring (bicyclic) bond motifs is 3. The lowest BCUT2D eigenvalue weighted by Crippen LogP contribution is -2.22. The van der Waals surface area contributed by atoms with Crippen LogP contribution in [0.4, 0.5) is 14.5 Å². The molecular weight excluding hydrogens is 376 g/mol. The molecule has 3 aromatic rings. The van der Waals surface area contributed by atoms with Gasteiger partial charge in [0.1, 0.15) is 16.2 Å². The number of aromatic nitrogens is 2. The number of carbonyl (C=O) groups excluding carboxylic acids is 1. The second-order valence-corrected chi connectivity index (χ2v) is 8.51. The monoisotopic (exact) mass is 391 g/mol. The summed E-state index contributed by atoms with van der Waals surface area (Å²) in [5, 5.41) is 4.02. The van der Waals surface area contributed by atoms with Crippen LogP contribution in [0.1, 0.15) is 23.8 Å². The molecule has 4 rings (SSSR count). The van der Waals surface area contributed by atoms with Gasteiger partial charge < -0.3 is 5.32 Å². The average Bonchev–Trinajstić information content (AvgIpc) is 3.19. The smallest absolute Gasteiger partial charge is 0.237 e. The van der Waals surface area contributed by atoms with Crippen LogP contribution in [-0.2, 0) is 17.6 Å². The van der Waals surface area contributed by atoms with Crippen molar-refractivity contribution in [3.8, 4) is 0 Å². The first-order valence-corrected chi connectivity index (χ1v) is 9.90. The van der Waals surface area contributed by atoms with Crippen molar-refractivity contribution in [1.29, 1.82) is 0 Å². The molecule has 0 saturated heterocycles. The highest BCUT2D eigenvalue weighted by atomic mass is 32.2. The van der Waals surface area contributed by atoms with E-state index in [0.29, 0.717) is 0 Å². The van der Waals surface area contributed by atoms with Crippen molar-refractivity contribution in [3.05, 3.63) is 46.6 Å². The first-order valence-electron chi connectivity index (χ1n) is 8.20. The lowest BCUT2D eigenvalue weighted by molar-refractivity contribution is -0.115. The zero-order chi connectivity index (χ0) is 18.3. The minimum atomic E-state index is -0.991. The second kappa shape index (κ2) is 6.92. The number of thioether (sulfide) groups is 1. The van der Waals surface area contributed by atoms with Crippen LogP contribution < -0.4 is 5.32 Å². The van der Waals surface area contributed by atoms with E-state index in [1.807, 2.05) is 0 Å². The minimum absolute atomic E-state index is 0.227. The van der Waals surface area contributed by atoms with Gasteiger partial charge >= 0.3 is 0 Å². The van der Waals surface area contributed by atoms with Gasteiger partial charge in [-0.05, 0) is 43.9 Å². The summed E-state index contributed by atoms with van der Waals surface area (Å²) < 4.78 is 26.3. The number of amides is 1. The van der Waals surface area contributed by atoms with Crippen molar-refractivity contribution < 1.29 is 13.6 Å². The van der Waals surface area contributed by atoms with Gasteiger partial charge in [0.25, 0.3) is 0 Å². The van der Waals surface area contributed by atoms with Gasteiger partial charge in [-0.15, -0.1) is 11.3 Å². The van der Waals surface area contributed by atoms with Gasteiger partial charge in [0.05, 0.1) is 5.25 Å². The van der Waals surface area contributed by atoms with Crippen LogP contribution in [0.15, 0.2) is 29.6 Å².